The van der Waals surface area contributed by atoms with Crippen molar-refractivity contribution in [2.75, 3.05) is 34.5 Å². The fraction of sp³-hybridized carbons (Fsp3) is 1.00. The average Bonchev–Trinajstić information content (AvgIpc) is 2.39. The molecule has 33 heavy (non-hydrogen) atoms. The molecule has 0 aromatic carbocycles. The van der Waals surface area contributed by atoms with Crippen molar-refractivity contribution in [1.29, 1.82) is 0 Å². The second-order valence-corrected chi connectivity index (χ2v) is 15.2. The van der Waals surface area contributed by atoms with E-state index in [1.54, 1.807) is 0 Å². The van der Waals surface area contributed by atoms with Crippen LogP contribution in [-0.4, -0.2) is 112 Å². The summed E-state index contributed by atoms with van der Waals surface area (Å²) < 4.78 is 169. The summed E-state index contributed by atoms with van der Waals surface area (Å²) in [5, 5.41) is 0. The van der Waals surface area contributed by atoms with Gasteiger partial charge in [0.25, 0.3) is 60.7 Å². The first-order chi connectivity index (χ1) is 14.1. The maximum atomic E-state index is 10.00. The Balaban J connectivity index is -0.000000409. The van der Waals surface area contributed by atoms with E-state index in [9.17, 15) is 50.5 Å². The van der Waals surface area contributed by atoms with Gasteiger partial charge in [0.15, 0.2) is 0 Å². The highest BCUT2D eigenvalue weighted by atomic mass is 32.2. The predicted molar refractivity (Wildman–Crippen MR) is 112 cm³/mol. The minimum Gasteiger partial charge on any atom is -0.286 e. The molecule has 204 valence electrons. The molecule has 18 nitrogen and oxygen atoms in total. The van der Waals surface area contributed by atoms with Gasteiger partial charge in [0.05, 0.1) is 34.5 Å². The van der Waals surface area contributed by atoms with Crippen LogP contribution in [0.25, 0.3) is 0 Å². The second-order valence-electron chi connectivity index (χ2n) is 5.78. The topological polar surface area (TPSA) is 326 Å². The van der Waals surface area contributed by atoms with Crippen molar-refractivity contribution < 1.29 is 77.8 Å². The first-order valence-corrected chi connectivity index (χ1v) is 17.5. The van der Waals surface area contributed by atoms with E-state index < -0.39 is 95.2 Å². The van der Waals surface area contributed by atoms with Crippen LogP contribution >= 0.6 is 0 Å². The molecule has 0 saturated heterocycles. The highest BCUT2D eigenvalue weighted by Crippen LogP contribution is 1.94. The molecule has 0 aliphatic heterocycles. The van der Waals surface area contributed by atoms with E-state index in [-0.39, 0.29) is 19.3 Å². The van der Waals surface area contributed by atoms with Crippen molar-refractivity contribution in [3.63, 3.8) is 0 Å². The number of hydrogen-bond donors (Lipinski definition) is 6. The van der Waals surface area contributed by atoms with Crippen LogP contribution in [0, 0.1) is 0 Å². The van der Waals surface area contributed by atoms with Gasteiger partial charge in [-0.25, -0.2) is 0 Å². The monoisotopic (exact) mass is 612 g/mol. The number of hydrogen-bond acceptors (Lipinski definition) is 12. The molecule has 0 rings (SSSR count). The molecule has 0 aliphatic rings. The van der Waals surface area contributed by atoms with Crippen molar-refractivity contribution in [3.8, 4) is 0 Å². The van der Waals surface area contributed by atoms with Crippen LogP contribution in [0.4, 0.5) is 0 Å². The van der Waals surface area contributed by atoms with E-state index >= 15 is 0 Å². The Hall–Kier alpha value is -0.540. The first kappa shape index (κ1) is 37.0. The molecular weight excluding hydrogens is 588 g/mol. The third kappa shape index (κ3) is 49.6. The van der Waals surface area contributed by atoms with Gasteiger partial charge in [0.1, 0.15) is 0 Å². The van der Waals surface area contributed by atoms with Crippen LogP contribution in [0.3, 0.4) is 0 Å². The van der Waals surface area contributed by atoms with Crippen molar-refractivity contribution >= 4 is 60.7 Å². The van der Waals surface area contributed by atoms with Gasteiger partial charge < -0.3 is 0 Å². The number of rotatable bonds is 12. The van der Waals surface area contributed by atoms with E-state index in [0.717, 1.165) is 0 Å². The smallest absolute Gasteiger partial charge is 0.264 e. The maximum absolute atomic E-state index is 10.00. The molecule has 0 heterocycles. The summed E-state index contributed by atoms with van der Waals surface area (Å²) in [5.74, 6) is -3.96. The Labute approximate surface area is 191 Å². The predicted octanol–water partition coefficient (Wildman–Crippen LogP) is -2.54. The molecule has 0 atom stereocenters. The molecule has 0 fully saturated rings. The van der Waals surface area contributed by atoms with Gasteiger partial charge in [-0.3, -0.25) is 27.3 Å². The summed E-state index contributed by atoms with van der Waals surface area (Å²) in [6.07, 6.45) is -0.924. The maximum Gasteiger partial charge on any atom is 0.264 e. The van der Waals surface area contributed by atoms with Gasteiger partial charge in [-0.05, 0) is 19.3 Å². The van der Waals surface area contributed by atoms with Crippen LogP contribution in [0.2, 0.25) is 0 Å². The van der Waals surface area contributed by atoms with E-state index in [1.165, 1.54) is 0 Å². The lowest BCUT2D eigenvalue weighted by Crippen LogP contribution is -2.10. The van der Waals surface area contributed by atoms with Crippen molar-refractivity contribution in [2.24, 2.45) is 0 Å². The quantitative estimate of drug-likeness (QED) is 0.123. The van der Waals surface area contributed by atoms with Gasteiger partial charge >= 0.3 is 0 Å². The summed E-state index contributed by atoms with van der Waals surface area (Å²) >= 11 is 0. The molecular formula is C9H24O18S6. The molecule has 0 spiro atoms. The minimum atomic E-state index is -4.12. The highest BCUT2D eigenvalue weighted by molar-refractivity contribution is 7.87. The first-order valence-electron chi connectivity index (χ1n) is 7.83. The SMILES string of the molecule is O=S(=O)(O)CCCS(=O)(=O)O.O=S(=O)(O)CCCS(=O)(=O)O.O=S(=O)(O)CCCS(=O)(=O)O. The summed E-state index contributed by atoms with van der Waals surface area (Å²) in [6, 6.07) is 0. The lowest BCUT2D eigenvalue weighted by atomic mass is 10.6. The van der Waals surface area contributed by atoms with E-state index in [1.807, 2.05) is 0 Å². The molecule has 0 amide bonds. The van der Waals surface area contributed by atoms with Gasteiger partial charge in [-0.15, -0.1) is 0 Å². The van der Waals surface area contributed by atoms with E-state index in [4.69, 9.17) is 27.3 Å². The van der Waals surface area contributed by atoms with Crippen LogP contribution in [0.5, 0.6) is 0 Å². The van der Waals surface area contributed by atoms with Crippen molar-refractivity contribution in [2.45, 2.75) is 19.3 Å². The highest BCUT2D eigenvalue weighted by Gasteiger charge is 2.10. The molecule has 24 heteroatoms. The molecule has 0 aliphatic carbocycles. The molecule has 6 N–H and O–H groups in total. The molecule has 0 unspecified atom stereocenters. The Kier molecular flexibility index (Phi) is 16.6. The van der Waals surface area contributed by atoms with Gasteiger partial charge in [0, 0.05) is 0 Å². The zero-order chi connectivity index (χ0) is 27.4. The van der Waals surface area contributed by atoms with Crippen LogP contribution < -0.4 is 0 Å². The Morgan fingerprint density at radius 3 is 0.424 bits per heavy atom. The fourth-order valence-corrected chi connectivity index (χ4v) is 4.87. The second kappa shape index (κ2) is 14.8. The van der Waals surface area contributed by atoms with Crippen molar-refractivity contribution in [1.82, 2.24) is 0 Å². The Bertz CT molecular complexity index is 951. The molecule has 0 aromatic heterocycles. The third-order valence-electron chi connectivity index (χ3n) is 2.41. The van der Waals surface area contributed by atoms with E-state index in [2.05, 4.69) is 0 Å². The van der Waals surface area contributed by atoms with Crippen LogP contribution in [0.15, 0.2) is 0 Å². The van der Waals surface area contributed by atoms with Gasteiger partial charge in [-0.1, -0.05) is 0 Å². The molecule has 0 aromatic rings. The lowest BCUT2D eigenvalue weighted by Gasteiger charge is -1.94. The van der Waals surface area contributed by atoms with Crippen LogP contribution in [-0.2, 0) is 60.7 Å². The van der Waals surface area contributed by atoms with Gasteiger partial charge in [-0.2, -0.15) is 50.5 Å². The standard InChI is InChI=1S/3C3H8O6S2/c3*4-10(5,6)2-1-3-11(7,8)9/h3*1-3H2,(H,4,5,6)(H,7,8,9). The van der Waals surface area contributed by atoms with Crippen molar-refractivity contribution in [3.05, 3.63) is 0 Å². The molecule has 0 bridgehead atoms. The lowest BCUT2D eigenvalue weighted by molar-refractivity contribution is 0.472. The summed E-state index contributed by atoms with van der Waals surface area (Å²) in [5.41, 5.74) is 0. The zero-order valence-electron chi connectivity index (χ0n) is 16.4. The summed E-state index contributed by atoms with van der Waals surface area (Å²) in [4.78, 5) is 0. The summed E-state index contributed by atoms with van der Waals surface area (Å²) in [6.45, 7) is 0. The minimum absolute atomic E-state index is 0.308. The largest absolute Gasteiger partial charge is 0.286 e. The molecule has 0 saturated carbocycles. The average molecular weight is 613 g/mol. The third-order valence-corrected chi connectivity index (χ3v) is 7.24. The Morgan fingerprint density at radius 1 is 0.273 bits per heavy atom. The Morgan fingerprint density at radius 2 is 0.364 bits per heavy atom. The summed E-state index contributed by atoms with van der Waals surface area (Å²) in [7, 11) is -24.7. The normalized spacial score (nSPS) is 13.3. The van der Waals surface area contributed by atoms with Crippen LogP contribution in [0.1, 0.15) is 19.3 Å². The van der Waals surface area contributed by atoms with Gasteiger partial charge in [0.2, 0.25) is 0 Å². The fourth-order valence-electron chi connectivity index (χ4n) is 1.27. The molecule has 0 radical (unpaired) electrons. The van der Waals surface area contributed by atoms with E-state index in [0.29, 0.717) is 0 Å². The zero-order valence-corrected chi connectivity index (χ0v) is 21.3.